The van der Waals surface area contributed by atoms with Crippen molar-refractivity contribution in [3.63, 3.8) is 0 Å². The van der Waals surface area contributed by atoms with Gasteiger partial charge in [-0.05, 0) is 30.0 Å². The smallest absolute Gasteiger partial charge is 0.249 e. The molecule has 0 bridgehead atoms. The Bertz CT molecular complexity index is 1100. The number of nitrogens with zero attached hydrogens (tertiary/aromatic N) is 2. The molecule has 1 aliphatic carbocycles. The largest absolute Gasteiger partial charge is 0.497 e. The molecule has 0 aliphatic heterocycles. The van der Waals surface area contributed by atoms with Gasteiger partial charge < -0.3 is 10.1 Å². The molecule has 8 heteroatoms. The van der Waals surface area contributed by atoms with Gasteiger partial charge in [-0.2, -0.15) is 0 Å². The van der Waals surface area contributed by atoms with E-state index in [1.54, 1.807) is 7.11 Å². The van der Waals surface area contributed by atoms with E-state index in [1.807, 2.05) is 54.6 Å². The molecule has 1 saturated carbocycles. The number of methoxy groups -OCH3 is 1. The van der Waals surface area contributed by atoms with Crippen molar-refractivity contribution in [1.29, 1.82) is 0 Å². The van der Waals surface area contributed by atoms with Gasteiger partial charge in [0.05, 0.1) is 7.11 Å². The van der Waals surface area contributed by atoms with Crippen LogP contribution < -0.4 is 15.4 Å². The molecule has 0 spiro atoms. The number of carbonyl (C=O) groups is 2. The zero-order valence-corrected chi connectivity index (χ0v) is 20.1. The van der Waals surface area contributed by atoms with Crippen molar-refractivity contribution in [3.05, 3.63) is 60.2 Å². The van der Waals surface area contributed by atoms with Crippen LogP contribution >= 0.6 is 11.3 Å². The second-order valence-corrected chi connectivity index (χ2v) is 9.61. The number of amides is 2. The first-order valence-electron chi connectivity index (χ1n) is 11.7. The number of carbonyl (C=O) groups excluding carboxylic acids is 2. The summed E-state index contributed by atoms with van der Waals surface area (Å²) >= 11 is 1.28. The third-order valence-corrected chi connectivity index (χ3v) is 7.05. The molecular formula is C26H30N4O3S. The predicted octanol–water partition coefficient (Wildman–Crippen LogP) is 4.85. The Kier molecular flexibility index (Phi) is 8.25. The summed E-state index contributed by atoms with van der Waals surface area (Å²) in [4.78, 5) is 25.8. The maximum atomic E-state index is 13.2. The molecular weight excluding hydrogens is 448 g/mol. The number of aromatic nitrogens is 2. The average molecular weight is 479 g/mol. The van der Waals surface area contributed by atoms with Gasteiger partial charge in [0.1, 0.15) is 16.8 Å². The average Bonchev–Trinajstić information content (AvgIpc) is 3.55. The standard InChI is InChI=1S/C26H30N4O3S/c1-33-21-13-7-12-20(17-21)25-29-30-26(34-25)28-24(32)22(16-19-10-3-2-4-11-19)27-23(31)15-14-18-8-5-6-9-18/h2-4,7,10-13,17-18,22H,5-6,8-9,14-16H2,1H3,(H,27,31)(H,28,30,32)/t22-/m1/s1. The van der Waals surface area contributed by atoms with Gasteiger partial charge in [0.25, 0.3) is 0 Å². The number of ether oxygens (including phenoxy) is 1. The first-order chi connectivity index (χ1) is 16.6. The van der Waals surface area contributed by atoms with Crippen molar-refractivity contribution in [2.75, 3.05) is 12.4 Å². The van der Waals surface area contributed by atoms with Crippen LogP contribution in [0.3, 0.4) is 0 Å². The van der Waals surface area contributed by atoms with Gasteiger partial charge in [-0.1, -0.05) is 79.5 Å². The molecule has 3 aromatic rings. The normalized spacial score (nSPS) is 14.5. The van der Waals surface area contributed by atoms with Gasteiger partial charge in [-0.3, -0.25) is 14.9 Å². The van der Waals surface area contributed by atoms with Crippen molar-refractivity contribution in [1.82, 2.24) is 15.5 Å². The maximum absolute atomic E-state index is 13.2. The van der Waals surface area contributed by atoms with Crippen LogP contribution in [0.5, 0.6) is 5.75 Å². The number of benzene rings is 2. The van der Waals surface area contributed by atoms with Crippen molar-refractivity contribution in [2.24, 2.45) is 5.92 Å². The lowest BCUT2D eigenvalue weighted by molar-refractivity contribution is -0.126. The quantitative estimate of drug-likeness (QED) is 0.434. The Morgan fingerprint density at radius 1 is 1.09 bits per heavy atom. The van der Waals surface area contributed by atoms with Crippen molar-refractivity contribution >= 4 is 28.3 Å². The Morgan fingerprint density at radius 2 is 1.88 bits per heavy atom. The van der Waals surface area contributed by atoms with Crippen LogP contribution in [-0.4, -0.2) is 35.2 Å². The molecule has 0 saturated heterocycles. The maximum Gasteiger partial charge on any atom is 0.249 e. The first kappa shape index (κ1) is 23.9. The van der Waals surface area contributed by atoms with E-state index in [2.05, 4.69) is 20.8 Å². The third-order valence-electron chi connectivity index (χ3n) is 6.16. The molecule has 1 aliphatic rings. The van der Waals surface area contributed by atoms with Crippen LogP contribution in [-0.2, 0) is 16.0 Å². The molecule has 2 N–H and O–H groups in total. The van der Waals surface area contributed by atoms with Gasteiger partial charge in [0.15, 0.2) is 0 Å². The highest BCUT2D eigenvalue weighted by molar-refractivity contribution is 7.18. The minimum absolute atomic E-state index is 0.0858. The van der Waals surface area contributed by atoms with Crippen LogP contribution in [0.25, 0.3) is 10.6 Å². The van der Waals surface area contributed by atoms with Crippen LogP contribution in [0, 0.1) is 5.92 Å². The Hall–Kier alpha value is -3.26. The lowest BCUT2D eigenvalue weighted by Crippen LogP contribution is -2.45. The predicted molar refractivity (Wildman–Crippen MR) is 134 cm³/mol. The van der Waals surface area contributed by atoms with Gasteiger partial charge >= 0.3 is 0 Å². The fraction of sp³-hybridized carbons (Fsp3) is 0.385. The van der Waals surface area contributed by atoms with E-state index >= 15 is 0 Å². The molecule has 1 fully saturated rings. The summed E-state index contributed by atoms with van der Waals surface area (Å²) in [5, 5.41) is 15.2. The first-order valence-corrected chi connectivity index (χ1v) is 12.5. The summed E-state index contributed by atoms with van der Waals surface area (Å²) < 4.78 is 5.27. The summed E-state index contributed by atoms with van der Waals surface area (Å²) in [5.41, 5.74) is 1.84. The van der Waals surface area contributed by atoms with Crippen LogP contribution in [0.4, 0.5) is 5.13 Å². The van der Waals surface area contributed by atoms with Crippen LogP contribution in [0.2, 0.25) is 0 Å². The highest BCUT2D eigenvalue weighted by atomic mass is 32.1. The molecule has 1 aromatic heterocycles. The molecule has 2 aromatic carbocycles. The Morgan fingerprint density at radius 3 is 2.65 bits per heavy atom. The molecule has 1 atom stereocenters. The van der Waals surface area contributed by atoms with E-state index < -0.39 is 6.04 Å². The van der Waals surface area contributed by atoms with Crippen molar-refractivity contribution in [2.45, 2.75) is 51.0 Å². The van der Waals surface area contributed by atoms with E-state index in [9.17, 15) is 9.59 Å². The lowest BCUT2D eigenvalue weighted by Gasteiger charge is -2.18. The summed E-state index contributed by atoms with van der Waals surface area (Å²) in [6, 6.07) is 16.5. The van der Waals surface area contributed by atoms with Crippen molar-refractivity contribution < 1.29 is 14.3 Å². The SMILES string of the molecule is COc1cccc(-c2nnc(NC(=O)[C@@H](Cc3ccccc3)NC(=O)CCC3CCCC3)s2)c1. The molecule has 7 nitrogen and oxygen atoms in total. The molecule has 0 unspecified atom stereocenters. The highest BCUT2D eigenvalue weighted by Gasteiger charge is 2.24. The zero-order chi connectivity index (χ0) is 23.8. The number of rotatable bonds is 10. The second kappa shape index (κ2) is 11.7. The second-order valence-electron chi connectivity index (χ2n) is 8.63. The summed E-state index contributed by atoms with van der Waals surface area (Å²) in [7, 11) is 1.61. The summed E-state index contributed by atoms with van der Waals surface area (Å²) in [6.45, 7) is 0. The van der Waals surface area contributed by atoms with E-state index in [-0.39, 0.29) is 11.8 Å². The summed E-state index contributed by atoms with van der Waals surface area (Å²) in [5.74, 6) is 0.967. The highest BCUT2D eigenvalue weighted by Crippen LogP contribution is 2.29. The fourth-order valence-electron chi connectivity index (χ4n) is 4.30. The molecule has 178 valence electrons. The molecule has 34 heavy (non-hydrogen) atoms. The third kappa shape index (κ3) is 6.63. The number of hydrogen-bond donors (Lipinski definition) is 2. The monoisotopic (exact) mass is 478 g/mol. The molecule has 1 heterocycles. The minimum atomic E-state index is -0.692. The van der Waals surface area contributed by atoms with Gasteiger partial charge in [0, 0.05) is 18.4 Å². The van der Waals surface area contributed by atoms with Crippen LogP contribution in [0.1, 0.15) is 44.1 Å². The van der Waals surface area contributed by atoms with Gasteiger partial charge in [0.2, 0.25) is 16.9 Å². The van der Waals surface area contributed by atoms with E-state index in [4.69, 9.17) is 4.74 Å². The topological polar surface area (TPSA) is 93.2 Å². The number of anilines is 1. The molecule has 0 radical (unpaired) electrons. The molecule has 2 amide bonds. The van der Waals surface area contributed by atoms with Gasteiger partial charge in [-0.25, -0.2) is 0 Å². The van der Waals surface area contributed by atoms with Gasteiger partial charge in [-0.15, -0.1) is 10.2 Å². The zero-order valence-electron chi connectivity index (χ0n) is 19.3. The lowest BCUT2D eigenvalue weighted by atomic mass is 10.0. The van der Waals surface area contributed by atoms with E-state index in [0.717, 1.165) is 23.3 Å². The number of nitrogens with one attached hydrogen (secondary N) is 2. The van der Waals surface area contributed by atoms with E-state index in [1.165, 1.54) is 37.0 Å². The number of hydrogen-bond acceptors (Lipinski definition) is 6. The molecule has 4 rings (SSSR count). The van der Waals surface area contributed by atoms with Crippen LogP contribution in [0.15, 0.2) is 54.6 Å². The van der Waals surface area contributed by atoms with Crippen molar-refractivity contribution in [3.8, 4) is 16.3 Å². The Labute approximate surface area is 204 Å². The van der Waals surface area contributed by atoms with E-state index in [0.29, 0.717) is 28.9 Å². The minimum Gasteiger partial charge on any atom is -0.497 e. The Balaban J connectivity index is 1.42. The summed E-state index contributed by atoms with van der Waals surface area (Å²) in [6.07, 6.45) is 6.65. The fourth-order valence-corrected chi connectivity index (χ4v) is 5.04.